The van der Waals surface area contributed by atoms with Crippen LogP contribution in [0.4, 0.5) is 11.4 Å². The molecule has 0 fully saturated rings. The van der Waals surface area contributed by atoms with E-state index in [4.69, 9.17) is 28.3 Å². The smallest absolute Gasteiger partial charge is 0.307 e. The number of anilines is 2. The number of carboxylic acids is 1. The number of aliphatic carboxylic acids is 1. The summed E-state index contributed by atoms with van der Waals surface area (Å²) in [6.07, 6.45) is 3.40. The van der Waals surface area contributed by atoms with Crippen LogP contribution in [0.3, 0.4) is 0 Å². The summed E-state index contributed by atoms with van der Waals surface area (Å²) in [5, 5.41) is 10.0. The van der Waals surface area contributed by atoms with Crippen molar-refractivity contribution >= 4 is 46.6 Å². The summed E-state index contributed by atoms with van der Waals surface area (Å²) in [7, 11) is 0. The predicted molar refractivity (Wildman–Crippen MR) is 116 cm³/mol. The molecule has 0 amide bonds. The summed E-state index contributed by atoms with van der Waals surface area (Å²) in [4.78, 5) is 12.9. The number of hydrogen-bond acceptors (Lipinski definition) is 2. The predicted octanol–water partition coefficient (Wildman–Crippen LogP) is 6.82. The molecule has 28 heavy (non-hydrogen) atoms. The molecule has 0 aliphatic carbocycles. The standard InChI is InChI=1S/C23H19Cl2NO2/c24-19-12-7-13-20(25)23(19)26(16-17-8-2-1-3-9-17)21-14-5-4-10-18(21)11-6-15-22(27)28/h1-14H,15-16H2,(H,27,28). The Hall–Kier alpha value is -2.75. The molecule has 0 unspecified atom stereocenters. The van der Waals surface area contributed by atoms with Crippen LogP contribution in [-0.4, -0.2) is 11.1 Å². The molecule has 0 atom stereocenters. The van der Waals surface area contributed by atoms with Crippen molar-refractivity contribution in [1.82, 2.24) is 0 Å². The van der Waals surface area contributed by atoms with E-state index in [9.17, 15) is 4.79 Å². The molecule has 0 aliphatic heterocycles. The lowest BCUT2D eigenvalue weighted by molar-refractivity contribution is -0.135. The monoisotopic (exact) mass is 411 g/mol. The average Bonchev–Trinajstić information content (AvgIpc) is 2.68. The van der Waals surface area contributed by atoms with E-state index in [1.807, 2.05) is 78.9 Å². The molecule has 0 saturated heterocycles. The van der Waals surface area contributed by atoms with Crippen molar-refractivity contribution in [2.45, 2.75) is 13.0 Å². The molecular weight excluding hydrogens is 393 g/mol. The highest BCUT2D eigenvalue weighted by Gasteiger charge is 2.18. The quantitative estimate of drug-likeness (QED) is 0.463. The molecule has 3 rings (SSSR count). The van der Waals surface area contributed by atoms with Gasteiger partial charge in [0.25, 0.3) is 0 Å². The first kappa shape index (κ1) is 20.0. The summed E-state index contributed by atoms with van der Waals surface area (Å²) >= 11 is 13.0. The number of carboxylic acid groups (broad SMARTS) is 1. The second kappa shape index (κ2) is 9.45. The molecule has 0 radical (unpaired) electrons. The number of carbonyl (C=O) groups is 1. The molecule has 5 heteroatoms. The van der Waals surface area contributed by atoms with Gasteiger partial charge in [0.1, 0.15) is 0 Å². The lowest BCUT2D eigenvalue weighted by Gasteiger charge is -2.28. The van der Waals surface area contributed by atoms with Gasteiger partial charge < -0.3 is 10.0 Å². The lowest BCUT2D eigenvalue weighted by Crippen LogP contribution is -2.18. The van der Waals surface area contributed by atoms with Crippen molar-refractivity contribution < 1.29 is 9.90 Å². The van der Waals surface area contributed by atoms with E-state index in [1.54, 1.807) is 6.08 Å². The average molecular weight is 412 g/mol. The number of hydrogen-bond donors (Lipinski definition) is 1. The van der Waals surface area contributed by atoms with Crippen LogP contribution in [0.5, 0.6) is 0 Å². The van der Waals surface area contributed by atoms with E-state index in [-0.39, 0.29) is 6.42 Å². The molecule has 3 aromatic carbocycles. The van der Waals surface area contributed by atoms with Crippen LogP contribution in [0.15, 0.2) is 78.9 Å². The Bertz CT molecular complexity index is 967. The normalized spacial score (nSPS) is 10.9. The van der Waals surface area contributed by atoms with Crippen LogP contribution in [0.1, 0.15) is 17.5 Å². The van der Waals surface area contributed by atoms with Gasteiger partial charge in [-0.2, -0.15) is 0 Å². The molecule has 3 aromatic rings. The van der Waals surface area contributed by atoms with Crippen LogP contribution < -0.4 is 4.90 Å². The zero-order valence-electron chi connectivity index (χ0n) is 15.1. The first-order chi connectivity index (χ1) is 13.6. The largest absolute Gasteiger partial charge is 0.481 e. The lowest BCUT2D eigenvalue weighted by atomic mass is 10.1. The third kappa shape index (κ3) is 4.94. The fourth-order valence-corrected chi connectivity index (χ4v) is 3.56. The molecule has 0 saturated carbocycles. The van der Waals surface area contributed by atoms with Crippen molar-refractivity contribution in [2.75, 3.05) is 4.90 Å². The highest BCUT2D eigenvalue weighted by molar-refractivity contribution is 6.39. The Labute approximate surface area is 174 Å². The SMILES string of the molecule is O=C(O)CC=Cc1ccccc1N(Cc1ccccc1)c1c(Cl)cccc1Cl. The molecule has 0 bridgehead atoms. The summed E-state index contributed by atoms with van der Waals surface area (Å²) in [5.74, 6) is -0.871. The maximum Gasteiger partial charge on any atom is 0.307 e. The minimum Gasteiger partial charge on any atom is -0.481 e. The third-order valence-corrected chi connectivity index (χ3v) is 4.82. The van der Waals surface area contributed by atoms with E-state index in [0.29, 0.717) is 22.3 Å². The minimum atomic E-state index is -0.871. The number of nitrogens with zero attached hydrogens (tertiary/aromatic N) is 1. The Balaban J connectivity index is 2.10. The molecule has 0 heterocycles. The number of benzene rings is 3. The van der Waals surface area contributed by atoms with Crippen LogP contribution in [-0.2, 0) is 11.3 Å². The fraction of sp³-hybridized carbons (Fsp3) is 0.0870. The van der Waals surface area contributed by atoms with Gasteiger partial charge in [-0.1, -0.05) is 90.0 Å². The Morgan fingerprint density at radius 2 is 1.54 bits per heavy atom. The van der Waals surface area contributed by atoms with Crippen LogP contribution in [0.2, 0.25) is 10.0 Å². The van der Waals surface area contributed by atoms with Crippen molar-refractivity contribution in [1.29, 1.82) is 0 Å². The number of rotatable bonds is 7. The summed E-state index contributed by atoms with van der Waals surface area (Å²) in [5.41, 5.74) is 3.59. The molecule has 1 N–H and O–H groups in total. The first-order valence-corrected chi connectivity index (χ1v) is 9.54. The van der Waals surface area contributed by atoms with Gasteiger partial charge in [0.2, 0.25) is 0 Å². The van der Waals surface area contributed by atoms with Gasteiger partial charge in [-0.25, -0.2) is 0 Å². The molecule has 0 aliphatic rings. The second-order valence-electron chi connectivity index (χ2n) is 6.20. The third-order valence-electron chi connectivity index (χ3n) is 4.21. The Morgan fingerprint density at radius 3 is 2.21 bits per heavy atom. The highest BCUT2D eigenvalue weighted by Crippen LogP contribution is 2.40. The van der Waals surface area contributed by atoms with Crippen LogP contribution in [0, 0.1) is 0 Å². The minimum absolute atomic E-state index is 0.0418. The molecule has 0 spiro atoms. The first-order valence-electron chi connectivity index (χ1n) is 8.79. The van der Waals surface area contributed by atoms with Crippen molar-refractivity contribution in [3.63, 3.8) is 0 Å². The van der Waals surface area contributed by atoms with Gasteiger partial charge >= 0.3 is 5.97 Å². The van der Waals surface area contributed by atoms with E-state index in [1.165, 1.54) is 0 Å². The fourth-order valence-electron chi connectivity index (χ4n) is 2.96. The van der Waals surface area contributed by atoms with E-state index in [0.717, 1.165) is 16.8 Å². The van der Waals surface area contributed by atoms with Gasteiger partial charge in [0.15, 0.2) is 0 Å². The molecule has 142 valence electrons. The highest BCUT2D eigenvalue weighted by atomic mass is 35.5. The topological polar surface area (TPSA) is 40.5 Å². The van der Waals surface area contributed by atoms with Crippen LogP contribution >= 0.6 is 23.2 Å². The maximum atomic E-state index is 10.9. The van der Waals surface area contributed by atoms with Crippen molar-refractivity contribution in [2.24, 2.45) is 0 Å². The van der Waals surface area contributed by atoms with Crippen LogP contribution in [0.25, 0.3) is 6.08 Å². The van der Waals surface area contributed by atoms with Crippen molar-refractivity contribution in [3.8, 4) is 0 Å². The maximum absolute atomic E-state index is 10.9. The van der Waals surface area contributed by atoms with E-state index in [2.05, 4.69) is 4.90 Å². The molecular formula is C23H19Cl2NO2. The van der Waals surface area contributed by atoms with Gasteiger partial charge in [-0.05, 0) is 29.3 Å². The van der Waals surface area contributed by atoms with Gasteiger partial charge in [-0.15, -0.1) is 0 Å². The summed E-state index contributed by atoms with van der Waals surface area (Å²) in [6, 6.07) is 23.2. The molecule has 0 aromatic heterocycles. The summed E-state index contributed by atoms with van der Waals surface area (Å²) in [6.45, 7) is 0.564. The summed E-state index contributed by atoms with van der Waals surface area (Å²) < 4.78 is 0. The van der Waals surface area contributed by atoms with Gasteiger partial charge in [0.05, 0.1) is 22.2 Å². The van der Waals surface area contributed by atoms with E-state index >= 15 is 0 Å². The Kier molecular flexibility index (Phi) is 6.75. The number of para-hydroxylation sites is 2. The molecule has 3 nitrogen and oxygen atoms in total. The Morgan fingerprint density at radius 1 is 0.893 bits per heavy atom. The second-order valence-corrected chi connectivity index (χ2v) is 7.02. The number of halogens is 2. The van der Waals surface area contributed by atoms with Gasteiger partial charge in [-0.3, -0.25) is 4.79 Å². The zero-order chi connectivity index (χ0) is 19.9. The zero-order valence-corrected chi connectivity index (χ0v) is 16.6. The van der Waals surface area contributed by atoms with Gasteiger partial charge in [0, 0.05) is 12.2 Å². The van der Waals surface area contributed by atoms with Crippen molar-refractivity contribution in [3.05, 3.63) is 100 Å². The van der Waals surface area contributed by atoms with E-state index < -0.39 is 5.97 Å².